The van der Waals surface area contributed by atoms with E-state index in [2.05, 4.69) is 20.5 Å². The molecule has 0 aliphatic heterocycles. The van der Waals surface area contributed by atoms with Crippen molar-refractivity contribution in [2.75, 3.05) is 5.32 Å². The lowest BCUT2D eigenvalue weighted by atomic mass is 10.3. The van der Waals surface area contributed by atoms with Gasteiger partial charge in [-0.1, -0.05) is 12.1 Å². The van der Waals surface area contributed by atoms with Gasteiger partial charge in [0, 0.05) is 0 Å². The van der Waals surface area contributed by atoms with Gasteiger partial charge >= 0.3 is 5.76 Å². The highest BCUT2D eigenvalue weighted by atomic mass is 16.4. The van der Waals surface area contributed by atoms with Crippen LogP contribution >= 0.6 is 0 Å². The van der Waals surface area contributed by atoms with Crippen LogP contribution in [0.15, 0.2) is 33.5 Å². The number of aromatic nitrogens is 4. The van der Waals surface area contributed by atoms with Crippen molar-refractivity contribution in [2.45, 2.75) is 13.5 Å². The molecule has 102 valence electrons. The summed E-state index contributed by atoms with van der Waals surface area (Å²) in [5.74, 6) is -0.218. The van der Waals surface area contributed by atoms with Crippen LogP contribution in [0.5, 0.6) is 0 Å². The summed E-state index contributed by atoms with van der Waals surface area (Å²) >= 11 is 0. The molecule has 0 saturated heterocycles. The molecule has 0 radical (unpaired) electrons. The summed E-state index contributed by atoms with van der Waals surface area (Å²) < 4.78 is 6.30. The van der Waals surface area contributed by atoms with E-state index in [1.165, 1.54) is 4.57 Å². The van der Waals surface area contributed by atoms with Gasteiger partial charge in [-0.3, -0.25) is 19.8 Å². The molecular formula is C12H11N5O3. The van der Waals surface area contributed by atoms with Gasteiger partial charge in [0.05, 0.1) is 5.52 Å². The number of anilines is 1. The maximum Gasteiger partial charge on any atom is 0.420 e. The van der Waals surface area contributed by atoms with Gasteiger partial charge in [0.1, 0.15) is 12.4 Å². The molecule has 1 amide bonds. The smallest absolute Gasteiger partial charge is 0.408 e. The van der Waals surface area contributed by atoms with Crippen LogP contribution in [-0.4, -0.2) is 25.7 Å². The van der Waals surface area contributed by atoms with E-state index in [-0.39, 0.29) is 12.5 Å². The zero-order valence-electron chi connectivity index (χ0n) is 10.6. The van der Waals surface area contributed by atoms with E-state index in [4.69, 9.17) is 4.42 Å². The molecule has 3 aromatic rings. The van der Waals surface area contributed by atoms with Crippen LogP contribution in [0.25, 0.3) is 11.1 Å². The summed E-state index contributed by atoms with van der Waals surface area (Å²) in [6, 6.07) is 6.91. The second kappa shape index (κ2) is 4.65. The summed E-state index contributed by atoms with van der Waals surface area (Å²) in [7, 11) is 0. The maximum absolute atomic E-state index is 11.9. The Morgan fingerprint density at radius 3 is 3.00 bits per heavy atom. The van der Waals surface area contributed by atoms with Gasteiger partial charge in [-0.15, -0.1) is 5.10 Å². The number of hydrogen-bond acceptors (Lipinski definition) is 5. The molecule has 0 bridgehead atoms. The number of nitrogens with one attached hydrogen (secondary N) is 2. The van der Waals surface area contributed by atoms with E-state index in [0.29, 0.717) is 16.9 Å². The van der Waals surface area contributed by atoms with Crippen LogP contribution < -0.4 is 11.1 Å². The molecule has 0 atom stereocenters. The zero-order valence-corrected chi connectivity index (χ0v) is 10.6. The Kier molecular flexibility index (Phi) is 2.82. The number of oxazole rings is 1. The first-order chi connectivity index (χ1) is 9.63. The summed E-state index contributed by atoms with van der Waals surface area (Å²) in [4.78, 5) is 27.5. The Balaban J connectivity index is 1.84. The molecule has 0 saturated carbocycles. The molecule has 2 N–H and O–H groups in total. The minimum Gasteiger partial charge on any atom is -0.408 e. The van der Waals surface area contributed by atoms with Crippen LogP contribution in [0.2, 0.25) is 0 Å². The average molecular weight is 273 g/mol. The van der Waals surface area contributed by atoms with Gasteiger partial charge in [0.25, 0.3) is 0 Å². The number of carbonyl (C=O) groups excluding carboxylic acids is 1. The van der Waals surface area contributed by atoms with Crippen LogP contribution in [0.1, 0.15) is 5.82 Å². The number of fused-ring (bicyclic) bond motifs is 1. The van der Waals surface area contributed by atoms with Crippen molar-refractivity contribution in [1.82, 2.24) is 19.7 Å². The Labute approximate surface area is 112 Å². The fraction of sp³-hybridized carbons (Fsp3) is 0.167. The van der Waals surface area contributed by atoms with Crippen LogP contribution in [0, 0.1) is 6.92 Å². The Hall–Kier alpha value is -2.90. The molecule has 0 aliphatic carbocycles. The van der Waals surface area contributed by atoms with Crippen molar-refractivity contribution < 1.29 is 9.21 Å². The van der Waals surface area contributed by atoms with E-state index in [9.17, 15) is 9.59 Å². The molecule has 0 unspecified atom stereocenters. The van der Waals surface area contributed by atoms with E-state index < -0.39 is 11.7 Å². The number of H-pyrrole nitrogens is 1. The van der Waals surface area contributed by atoms with Gasteiger partial charge in [-0.25, -0.2) is 4.79 Å². The predicted octanol–water partition coefficient (Wildman–Crippen LogP) is 0.660. The molecule has 20 heavy (non-hydrogen) atoms. The number of amides is 1. The standard InChI is InChI=1S/C12H11N5O3/c1-7-13-11(16-15-7)14-10(18)6-17-8-4-2-3-5-9(8)20-12(17)19/h2-5H,6H2,1H3,(H2,13,14,15,16,18). The highest BCUT2D eigenvalue weighted by Crippen LogP contribution is 2.11. The topological polar surface area (TPSA) is 106 Å². The van der Waals surface area contributed by atoms with Crippen molar-refractivity contribution in [2.24, 2.45) is 0 Å². The van der Waals surface area contributed by atoms with Gasteiger partial charge in [0.2, 0.25) is 11.9 Å². The lowest BCUT2D eigenvalue weighted by molar-refractivity contribution is -0.116. The van der Waals surface area contributed by atoms with Gasteiger partial charge in [0.15, 0.2) is 5.58 Å². The normalized spacial score (nSPS) is 10.8. The van der Waals surface area contributed by atoms with E-state index in [1.54, 1.807) is 31.2 Å². The van der Waals surface area contributed by atoms with Crippen molar-refractivity contribution in [3.63, 3.8) is 0 Å². The van der Waals surface area contributed by atoms with Crippen molar-refractivity contribution >= 4 is 23.0 Å². The van der Waals surface area contributed by atoms with E-state index in [0.717, 1.165) is 0 Å². The first-order valence-corrected chi connectivity index (χ1v) is 5.91. The Bertz CT molecular complexity index is 829. The number of benzene rings is 1. The molecule has 8 heteroatoms. The number of carbonyl (C=O) groups is 1. The van der Waals surface area contributed by atoms with Crippen LogP contribution in [-0.2, 0) is 11.3 Å². The van der Waals surface area contributed by atoms with Crippen molar-refractivity contribution in [3.8, 4) is 0 Å². The third kappa shape index (κ3) is 2.18. The summed E-state index contributed by atoms with van der Waals surface area (Å²) in [5, 5.41) is 8.90. The molecule has 0 spiro atoms. The average Bonchev–Trinajstić information content (AvgIpc) is 2.94. The first kappa shape index (κ1) is 12.2. The maximum atomic E-state index is 11.9. The quantitative estimate of drug-likeness (QED) is 0.729. The largest absolute Gasteiger partial charge is 0.420 e. The Morgan fingerprint density at radius 2 is 2.25 bits per heavy atom. The molecule has 2 aromatic heterocycles. The Morgan fingerprint density at radius 1 is 1.45 bits per heavy atom. The first-order valence-electron chi connectivity index (χ1n) is 5.91. The molecular weight excluding hydrogens is 262 g/mol. The molecule has 2 heterocycles. The van der Waals surface area contributed by atoms with Gasteiger partial charge in [-0.05, 0) is 19.1 Å². The van der Waals surface area contributed by atoms with E-state index >= 15 is 0 Å². The second-order valence-electron chi connectivity index (χ2n) is 4.21. The molecule has 0 aliphatic rings. The van der Waals surface area contributed by atoms with Crippen LogP contribution in [0.4, 0.5) is 5.95 Å². The molecule has 0 fully saturated rings. The molecule has 3 rings (SSSR count). The number of para-hydroxylation sites is 2. The summed E-state index contributed by atoms with van der Waals surface area (Å²) in [6.07, 6.45) is 0. The highest BCUT2D eigenvalue weighted by molar-refractivity contribution is 5.89. The molecule has 1 aromatic carbocycles. The number of aromatic amines is 1. The van der Waals surface area contributed by atoms with Crippen LogP contribution in [0.3, 0.4) is 0 Å². The van der Waals surface area contributed by atoms with E-state index in [1.807, 2.05) is 0 Å². The number of rotatable bonds is 3. The monoisotopic (exact) mass is 273 g/mol. The minimum absolute atomic E-state index is 0.163. The summed E-state index contributed by atoms with van der Waals surface area (Å²) in [5.41, 5.74) is 1.01. The highest BCUT2D eigenvalue weighted by Gasteiger charge is 2.13. The fourth-order valence-electron chi connectivity index (χ4n) is 1.87. The minimum atomic E-state index is -0.576. The third-order valence-corrected chi connectivity index (χ3v) is 2.72. The number of nitrogens with zero attached hydrogens (tertiary/aromatic N) is 3. The number of hydrogen-bond donors (Lipinski definition) is 2. The predicted molar refractivity (Wildman–Crippen MR) is 70.2 cm³/mol. The SMILES string of the molecule is Cc1nc(NC(=O)Cn2c(=O)oc3ccccc32)n[nH]1. The van der Waals surface area contributed by atoms with Gasteiger partial charge < -0.3 is 4.42 Å². The molecule has 8 nitrogen and oxygen atoms in total. The van der Waals surface area contributed by atoms with Crippen molar-refractivity contribution in [3.05, 3.63) is 40.6 Å². The zero-order chi connectivity index (χ0) is 14.1. The van der Waals surface area contributed by atoms with Crippen molar-refractivity contribution in [1.29, 1.82) is 0 Å². The lowest BCUT2D eigenvalue weighted by Gasteiger charge is -2.01. The van der Waals surface area contributed by atoms with Gasteiger partial charge in [-0.2, -0.15) is 4.98 Å². The number of aryl methyl sites for hydroxylation is 1. The third-order valence-electron chi connectivity index (χ3n) is 2.72. The second-order valence-corrected chi connectivity index (χ2v) is 4.21. The lowest BCUT2D eigenvalue weighted by Crippen LogP contribution is -2.25. The summed E-state index contributed by atoms with van der Waals surface area (Å²) in [6.45, 7) is 1.56. The fourth-order valence-corrected chi connectivity index (χ4v) is 1.87.